The molecule has 0 radical (unpaired) electrons. The Morgan fingerprint density at radius 1 is 1.18 bits per heavy atom. The first-order valence-electron chi connectivity index (χ1n) is 5.52. The van der Waals surface area contributed by atoms with E-state index in [1.165, 1.54) is 4.90 Å². The quantitative estimate of drug-likeness (QED) is 0.815. The molecule has 0 saturated heterocycles. The number of nitrogens with zero attached hydrogens (tertiary/aromatic N) is 2. The molecular formula is C12H15N3S2. The summed E-state index contributed by atoms with van der Waals surface area (Å²) in [5.74, 6) is 0.904. The second-order valence-electron chi connectivity index (χ2n) is 3.54. The summed E-state index contributed by atoms with van der Waals surface area (Å²) in [6.45, 7) is 0.959. The van der Waals surface area contributed by atoms with Crippen LogP contribution in [0.1, 0.15) is 10.0 Å². The minimum absolute atomic E-state index is 0.904. The van der Waals surface area contributed by atoms with Crippen LogP contribution in [0.15, 0.2) is 35.2 Å². The summed E-state index contributed by atoms with van der Waals surface area (Å²) < 4.78 is 0. The van der Waals surface area contributed by atoms with Crippen LogP contribution in [0.25, 0.3) is 0 Å². The van der Waals surface area contributed by atoms with Crippen LogP contribution >= 0.6 is 23.1 Å². The van der Waals surface area contributed by atoms with Gasteiger partial charge in [0.15, 0.2) is 0 Å². The topological polar surface area (TPSA) is 37.8 Å². The lowest BCUT2D eigenvalue weighted by atomic mass is 10.4. The van der Waals surface area contributed by atoms with E-state index < -0.39 is 0 Å². The number of rotatable bonds is 6. The Labute approximate surface area is 110 Å². The Bertz CT molecular complexity index is 442. The molecule has 0 spiro atoms. The van der Waals surface area contributed by atoms with Crippen molar-refractivity contribution < 1.29 is 0 Å². The summed E-state index contributed by atoms with van der Waals surface area (Å²) in [7, 11) is 1.95. The maximum absolute atomic E-state index is 4.20. The zero-order chi connectivity index (χ0) is 11.9. The standard InChI is InChI=1S/C12H15N3S2/c1-13-8-7-11-14-15-12(17-11)9-16-10-5-3-2-4-6-10/h2-6,13H,7-9H2,1H3. The Morgan fingerprint density at radius 2 is 1.94 bits per heavy atom. The van der Waals surface area contributed by atoms with Crippen LogP contribution in [0.3, 0.4) is 0 Å². The van der Waals surface area contributed by atoms with Gasteiger partial charge in [-0.15, -0.1) is 33.3 Å². The molecule has 90 valence electrons. The monoisotopic (exact) mass is 265 g/mol. The lowest BCUT2D eigenvalue weighted by Gasteiger charge is -1.96. The predicted molar refractivity (Wildman–Crippen MR) is 73.5 cm³/mol. The molecule has 3 nitrogen and oxygen atoms in total. The van der Waals surface area contributed by atoms with E-state index in [1.54, 1.807) is 23.1 Å². The summed E-state index contributed by atoms with van der Waals surface area (Å²) in [4.78, 5) is 1.28. The molecule has 0 aliphatic rings. The zero-order valence-electron chi connectivity index (χ0n) is 9.72. The largest absolute Gasteiger partial charge is 0.319 e. The van der Waals surface area contributed by atoms with E-state index in [2.05, 4.69) is 39.8 Å². The van der Waals surface area contributed by atoms with Crippen molar-refractivity contribution in [3.05, 3.63) is 40.3 Å². The Morgan fingerprint density at radius 3 is 2.71 bits per heavy atom. The van der Waals surface area contributed by atoms with Crippen molar-refractivity contribution in [3.63, 3.8) is 0 Å². The molecule has 0 bridgehead atoms. The van der Waals surface area contributed by atoms with E-state index in [9.17, 15) is 0 Å². The molecule has 1 heterocycles. The number of nitrogens with one attached hydrogen (secondary N) is 1. The second-order valence-corrected chi connectivity index (χ2v) is 5.74. The highest BCUT2D eigenvalue weighted by Gasteiger charge is 2.04. The van der Waals surface area contributed by atoms with Crippen molar-refractivity contribution >= 4 is 23.1 Å². The highest BCUT2D eigenvalue weighted by Crippen LogP contribution is 2.23. The molecule has 0 saturated carbocycles. The van der Waals surface area contributed by atoms with Crippen molar-refractivity contribution in [3.8, 4) is 0 Å². The third-order valence-corrected chi connectivity index (χ3v) is 4.39. The van der Waals surface area contributed by atoms with Gasteiger partial charge in [0.1, 0.15) is 10.0 Å². The van der Waals surface area contributed by atoms with Gasteiger partial charge in [0.05, 0.1) is 5.75 Å². The van der Waals surface area contributed by atoms with Crippen molar-refractivity contribution in [2.45, 2.75) is 17.1 Å². The third-order valence-electron chi connectivity index (χ3n) is 2.20. The number of hydrogen-bond donors (Lipinski definition) is 1. The van der Waals surface area contributed by atoms with Crippen molar-refractivity contribution in [1.29, 1.82) is 0 Å². The average Bonchev–Trinajstić information content (AvgIpc) is 2.83. The number of benzene rings is 1. The van der Waals surface area contributed by atoms with Gasteiger partial charge in [0.25, 0.3) is 0 Å². The van der Waals surface area contributed by atoms with Gasteiger partial charge in [0.2, 0.25) is 0 Å². The highest BCUT2D eigenvalue weighted by molar-refractivity contribution is 7.98. The van der Waals surface area contributed by atoms with Crippen molar-refractivity contribution in [2.24, 2.45) is 0 Å². The van der Waals surface area contributed by atoms with Gasteiger partial charge in [-0.2, -0.15) is 0 Å². The summed E-state index contributed by atoms with van der Waals surface area (Å²) in [6, 6.07) is 10.4. The van der Waals surface area contributed by atoms with E-state index in [1.807, 2.05) is 13.1 Å². The molecule has 2 rings (SSSR count). The van der Waals surface area contributed by atoms with Crippen LogP contribution in [0, 0.1) is 0 Å². The smallest absolute Gasteiger partial charge is 0.127 e. The molecular weight excluding hydrogens is 250 g/mol. The van der Waals surface area contributed by atoms with Crippen LogP contribution in [-0.2, 0) is 12.2 Å². The van der Waals surface area contributed by atoms with Gasteiger partial charge >= 0.3 is 0 Å². The maximum atomic E-state index is 4.20. The summed E-state index contributed by atoms with van der Waals surface area (Å²) in [5, 5.41) is 13.7. The summed E-state index contributed by atoms with van der Waals surface area (Å²) in [6.07, 6.45) is 0.962. The zero-order valence-corrected chi connectivity index (χ0v) is 11.4. The minimum atomic E-state index is 0.904. The molecule has 0 atom stereocenters. The van der Waals surface area contributed by atoms with Gasteiger partial charge in [-0.3, -0.25) is 0 Å². The van der Waals surface area contributed by atoms with Gasteiger partial charge in [-0.05, 0) is 19.2 Å². The fourth-order valence-corrected chi connectivity index (χ4v) is 3.09. The van der Waals surface area contributed by atoms with Crippen LogP contribution in [-0.4, -0.2) is 23.8 Å². The van der Waals surface area contributed by atoms with Crippen LogP contribution in [0.4, 0.5) is 0 Å². The number of likely N-dealkylation sites (N-methyl/N-ethyl adjacent to an activating group) is 1. The molecule has 17 heavy (non-hydrogen) atoms. The van der Waals surface area contributed by atoms with Crippen LogP contribution in [0.5, 0.6) is 0 Å². The highest BCUT2D eigenvalue weighted by atomic mass is 32.2. The first-order chi connectivity index (χ1) is 8.38. The van der Waals surface area contributed by atoms with Gasteiger partial charge in [0, 0.05) is 17.9 Å². The number of aromatic nitrogens is 2. The van der Waals surface area contributed by atoms with Gasteiger partial charge in [-0.25, -0.2) is 0 Å². The first kappa shape index (κ1) is 12.5. The average molecular weight is 265 g/mol. The minimum Gasteiger partial charge on any atom is -0.319 e. The predicted octanol–water partition coefficient (Wildman–Crippen LogP) is 2.59. The normalized spacial score (nSPS) is 10.6. The first-order valence-corrected chi connectivity index (χ1v) is 7.32. The molecule has 1 aromatic carbocycles. The Hall–Kier alpha value is -0.910. The van der Waals surface area contributed by atoms with E-state index in [-0.39, 0.29) is 0 Å². The molecule has 1 N–H and O–H groups in total. The molecule has 5 heteroatoms. The van der Waals surface area contributed by atoms with E-state index in [4.69, 9.17) is 0 Å². The van der Waals surface area contributed by atoms with Crippen LogP contribution < -0.4 is 5.32 Å². The van der Waals surface area contributed by atoms with E-state index in [0.29, 0.717) is 0 Å². The molecule has 1 aromatic heterocycles. The second kappa shape index (κ2) is 6.74. The Balaban J connectivity index is 1.85. The maximum Gasteiger partial charge on any atom is 0.127 e. The van der Waals surface area contributed by atoms with E-state index in [0.717, 1.165) is 28.7 Å². The number of thioether (sulfide) groups is 1. The molecule has 0 unspecified atom stereocenters. The number of hydrogen-bond acceptors (Lipinski definition) is 5. The van der Waals surface area contributed by atoms with Gasteiger partial charge in [-0.1, -0.05) is 18.2 Å². The fourth-order valence-electron chi connectivity index (χ4n) is 1.34. The van der Waals surface area contributed by atoms with E-state index >= 15 is 0 Å². The molecule has 0 fully saturated rings. The van der Waals surface area contributed by atoms with Crippen molar-refractivity contribution in [1.82, 2.24) is 15.5 Å². The SMILES string of the molecule is CNCCc1nnc(CSc2ccccc2)s1. The third kappa shape index (κ3) is 4.11. The molecule has 0 amide bonds. The summed E-state index contributed by atoms with van der Waals surface area (Å²) >= 11 is 3.51. The lowest BCUT2D eigenvalue weighted by molar-refractivity contribution is 0.778. The van der Waals surface area contributed by atoms with Crippen molar-refractivity contribution in [2.75, 3.05) is 13.6 Å². The van der Waals surface area contributed by atoms with Gasteiger partial charge < -0.3 is 5.32 Å². The molecule has 0 aliphatic carbocycles. The fraction of sp³-hybridized carbons (Fsp3) is 0.333. The Kier molecular flexibility index (Phi) is 4.97. The lowest BCUT2D eigenvalue weighted by Crippen LogP contribution is -2.09. The summed E-state index contributed by atoms with van der Waals surface area (Å²) in [5.41, 5.74) is 0. The molecule has 0 aliphatic heterocycles. The van der Waals surface area contributed by atoms with Crippen LogP contribution in [0.2, 0.25) is 0 Å². The molecule has 2 aromatic rings.